The Morgan fingerprint density at radius 1 is 1.33 bits per heavy atom. The second-order valence-corrected chi connectivity index (χ2v) is 4.93. The van der Waals surface area contributed by atoms with Crippen LogP contribution in [0.4, 0.5) is 0 Å². The lowest BCUT2D eigenvalue weighted by atomic mass is 9.98. The summed E-state index contributed by atoms with van der Waals surface area (Å²) >= 11 is 0. The molecule has 0 fully saturated rings. The number of aromatic amines is 1. The number of para-hydroxylation sites is 1. The third-order valence-electron chi connectivity index (χ3n) is 3.55. The summed E-state index contributed by atoms with van der Waals surface area (Å²) in [5.74, 6) is 0.0995. The Morgan fingerprint density at radius 2 is 2.11 bits per heavy atom. The molecule has 4 nitrogen and oxygen atoms in total. The number of carbonyl (C=O) groups is 1. The molecule has 0 bridgehead atoms. The van der Waals surface area contributed by atoms with E-state index >= 15 is 0 Å². The maximum absolute atomic E-state index is 12.2. The van der Waals surface area contributed by atoms with E-state index in [-0.39, 0.29) is 11.9 Å². The lowest BCUT2D eigenvalue weighted by Crippen LogP contribution is -2.40. The van der Waals surface area contributed by atoms with Gasteiger partial charge in [0.05, 0.1) is 0 Å². The predicted molar refractivity (Wildman–Crippen MR) is 71.4 cm³/mol. The fraction of sp³-hybridized carbons (Fsp3) is 0.357. The van der Waals surface area contributed by atoms with Gasteiger partial charge in [0.2, 0.25) is 5.91 Å². The molecule has 2 N–H and O–H groups in total. The summed E-state index contributed by atoms with van der Waals surface area (Å²) < 4.78 is 0. The van der Waals surface area contributed by atoms with E-state index in [4.69, 9.17) is 0 Å². The average molecular weight is 243 g/mol. The van der Waals surface area contributed by atoms with Crippen LogP contribution in [0.25, 0.3) is 10.9 Å². The normalized spacial score (nSPS) is 18.7. The number of hydrogen-bond donors (Lipinski definition) is 2. The Kier molecular flexibility index (Phi) is 2.59. The van der Waals surface area contributed by atoms with Crippen LogP contribution in [-0.4, -0.2) is 36.4 Å². The zero-order valence-electron chi connectivity index (χ0n) is 10.7. The summed E-state index contributed by atoms with van der Waals surface area (Å²) in [4.78, 5) is 17.2. The molecule has 94 valence electrons. The number of benzene rings is 1. The number of nitrogens with zero attached hydrogens (tertiary/aromatic N) is 1. The quantitative estimate of drug-likeness (QED) is 0.796. The fourth-order valence-electron chi connectivity index (χ4n) is 2.65. The Hall–Kier alpha value is -1.81. The van der Waals surface area contributed by atoms with E-state index in [0.717, 1.165) is 24.2 Å². The minimum atomic E-state index is -0.240. The Balaban J connectivity index is 2.13. The van der Waals surface area contributed by atoms with Crippen LogP contribution in [0.15, 0.2) is 24.3 Å². The number of amides is 1. The first-order chi connectivity index (χ1) is 8.68. The molecular weight excluding hydrogens is 226 g/mol. The smallest absolute Gasteiger partial charge is 0.245 e. The fourth-order valence-corrected chi connectivity index (χ4v) is 2.65. The van der Waals surface area contributed by atoms with Gasteiger partial charge in [0, 0.05) is 37.2 Å². The minimum Gasteiger partial charge on any atom is -0.356 e. The largest absolute Gasteiger partial charge is 0.356 e. The first-order valence-corrected chi connectivity index (χ1v) is 6.22. The van der Waals surface area contributed by atoms with Crippen LogP contribution < -0.4 is 5.32 Å². The van der Waals surface area contributed by atoms with Crippen LogP contribution in [0.1, 0.15) is 17.3 Å². The molecule has 1 atom stereocenters. The second-order valence-electron chi connectivity index (χ2n) is 4.93. The monoisotopic (exact) mass is 243 g/mol. The second kappa shape index (κ2) is 4.14. The van der Waals surface area contributed by atoms with Gasteiger partial charge >= 0.3 is 0 Å². The van der Waals surface area contributed by atoms with Gasteiger partial charge in [0.1, 0.15) is 6.04 Å². The van der Waals surface area contributed by atoms with E-state index in [0.29, 0.717) is 0 Å². The third-order valence-corrected chi connectivity index (χ3v) is 3.55. The number of H-pyrrole nitrogens is 1. The summed E-state index contributed by atoms with van der Waals surface area (Å²) in [5, 5.41) is 4.54. The number of nitrogens with one attached hydrogen (secondary N) is 2. The molecule has 2 aromatic rings. The van der Waals surface area contributed by atoms with Crippen molar-refractivity contribution in [3.05, 3.63) is 35.5 Å². The highest BCUT2D eigenvalue weighted by Crippen LogP contribution is 2.30. The lowest BCUT2D eigenvalue weighted by molar-refractivity contribution is -0.131. The number of rotatable bonds is 1. The predicted octanol–water partition coefficient (Wildman–Crippen LogP) is 1.44. The van der Waals surface area contributed by atoms with E-state index < -0.39 is 0 Å². The number of likely N-dealkylation sites (N-methyl/N-ethyl adjacent to an activating group) is 1. The SMILES string of the molecule is CN(C)C(=O)C1NCCc2c1[nH]c1ccccc21. The summed E-state index contributed by atoms with van der Waals surface area (Å²) in [5.41, 5.74) is 3.42. The number of carbonyl (C=O) groups excluding carboxylic acids is 1. The van der Waals surface area contributed by atoms with Crippen LogP contribution in [0.2, 0.25) is 0 Å². The maximum Gasteiger partial charge on any atom is 0.245 e. The molecule has 0 saturated carbocycles. The van der Waals surface area contributed by atoms with Gasteiger partial charge in [-0.05, 0) is 18.1 Å². The van der Waals surface area contributed by atoms with E-state index in [9.17, 15) is 4.79 Å². The van der Waals surface area contributed by atoms with Gasteiger partial charge in [-0.15, -0.1) is 0 Å². The molecule has 18 heavy (non-hydrogen) atoms. The molecule has 1 unspecified atom stereocenters. The van der Waals surface area contributed by atoms with Crippen molar-refractivity contribution >= 4 is 16.8 Å². The van der Waals surface area contributed by atoms with Crippen molar-refractivity contribution in [3.63, 3.8) is 0 Å². The third kappa shape index (κ3) is 1.61. The van der Waals surface area contributed by atoms with Crippen molar-refractivity contribution in [1.29, 1.82) is 0 Å². The molecule has 0 aliphatic carbocycles. The van der Waals surface area contributed by atoms with Gasteiger partial charge in [0.15, 0.2) is 0 Å². The molecule has 4 heteroatoms. The van der Waals surface area contributed by atoms with E-state index in [1.807, 2.05) is 12.1 Å². The Morgan fingerprint density at radius 3 is 2.89 bits per heavy atom. The summed E-state index contributed by atoms with van der Waals surface area (Å²) in [6.07, 6.45) is 0.969. The van der Waals surface area contributed by atoms with Gasteiger partial charge < -0.3 is 15.2 Å². The topological polar surface area (TPSA) is 48.1 Å². The number of aromatic nitrogens is 1. The molecule has 2 heterocycles. The van der Waals surface area contributed by atoms with Crippen molar-refractivity contribution in [2.24, 2.45) is 0 Å². The van der Waals surface area contributed by atoms with Crippen molar-refractivity contribution in [3.8, 4) is 0 Å². The molecule has 3 rings (SSSR count). The van der Waals surface area contributed by atoms with Crippen molar-refractivity contribution < 1.29 is 4.79 Å². The van der Waals surface area contributed by atoms with E-state index in [2.05, 4.69) is 22.4 Å². The van der Waals surface area contributed by atoms with Gasteiger partial charge in [0.25, 0.3) is 0 Å². The van der Waals surface area contributed by atoms with Crippen molar-refractivity contribution in [2.45, 2.75) is 12.5 Å². The minimum absolute atomic E-state index is 0.0995. The first kappa shape index (κ1) is 11.3. The van der Waals surface area contributed by atoms with Crippen molar-refractivity contribution in [1.82, 2.24) is 15.2 Å². The first-order valence-electron chi connectivity index (χ1n) is 6.22. The average Bonchev–Trinajstić information content (AvgIpc) is 2.76. The number of fused-ring (bicyclic) bond motifs is 3. The van der Waals surface area contributed by atoms with E-state index in [1.54, 1.807) is 19.0 Å². The summed E-state index contributed by atoms with van der Waals surface area (Å²) in [7, 11) is 3.59. The Labute approximate surface area is 106 Å². The standard InChI is InChI=1S/C14H17N3O/c1-17(2)14(18)13-12-10(7-8-15-13)9-5-3-4-6-11(9)16-12/h3-6,13,15-16H,7-8H2,1-2H3. The molecule has 1 aromatic heterocycles. The van der Waals surface area contributed by atoms with Crippen LogP contribution in [-0.2, 0) is 11.2 Å². The summed E-state index contributed by atoms with van der Waals surface area (Å²) in [6, 6.07) is 8.00. The zero-order chi connectivity index (χ0) is 12.7. The van der Waals surface area contributed by atoms with Crippen LogP contribution in [0.5, 0.6) is 0 Å². The van der Waals surface area contributed by atoms with Gasteiger partial charge in [-0.3, -0.25) is 4.79 Å². The number of hydrogen-bond acceptors (Lipinski definition) is 2. The molecule has 1 amide bonds. The molecule has 0 radical (unpaired) electrons. The highest BCUT2D eigenvalue weighted by atomic mass is 16.2. The maximum atomic E-state index is 12.2. The van der Waals surface area contributed by atoms with E-state index in [1.165, 1.54) is 10.9 Å². The van der Waals surface area contributed by atoms with Gasteiger partial charge in [-0.1, -0.05) is 18.2 Å². The molecular formula is C14H17N3O. The Bertz CT molecular complexity index is 600. The zero-order valence-corrected chi connectivity index (χ0v) is 10.7. The lowest BCUT2D eigenvalue weighted by Gasteiger charge is -2.25. The molecule has 1 aliphatic heterocycles. The summed E-state index contributed by atoms with van der Waals surface area (Å²) in [6.45, 7) is 0.846. The van der Waals surface area contributed by atoms with Gasteiger partial charge in [-0.2, -0.15) is 0 Å². The molecule has 1 aliphatic rings. The van der Waals surface area contributed by atoms with Crippen LogP contribution in [0, 0.1) is 0 Å². The van der Waals surface area contributed by atoms with Crippen molar-refractivity contribution in [2.75, 3.05) is 20.6 Å². The molecule has 0 saturated heterocycles. The molecule has 1 aromatic carbocycles. The highest BCUT2D eigenvalue weighted by molar-refractivity contribution is 5.90. The highest BCUT2D eigenvalue weighted by Gasteiger charge is 2.29. The van der Waals surface area contributed by atoms with Gasteiger partial charge in [-0.25, -0.2) is 0 Å². The molecule has 0 spiro atoms. The van der Waals surface area contributed by atoms with Crippen LogP contribution in [0.3, 0.4) is 0 Å². The van der Waals surface area contributed by atoms with Crippen LogP contribution >= 0.6 is 0 Å².